The predicted octanol–water partition coefficient (Wildman–Crippen LogP) is 5.08. The van der Waals surface area contributed by atoms with Gasteiger partial charge in [0.1, 0.15) is 5.82 Å². The van der Waals surface area contributed by atoms with E-state index < -0.39 is 0 Å². The standard InChI is InChI=1S/C23H17BrFN5OS/c24-18-9-11-20(12-10-18)30-22(17-6-2-1-3-7-17)28-29-23(30)32-15-21(31)27-26-14-16-5-4-8-19(25)13-16/h1-14H,15H2,(H,27,31). The smallest absolute Gasteiger partial charge is 0.250 e. The molecule has 0 saturated heterocycles. The van der Waals surface area contributed by atoms with Crippen molar-refractivity contribution in [3.63, 3.8) is 0 Å². The van der Waals surface area contributed by atoms with Crippen molar-refractivity contribution >= 4 is 39.8 Å². The zero-order chi connectivity index (χ0) is 22.3. The normalized spacial score (nSPS) is 11.1. The van der Waals surface area contributed by atoms with Gasteiger partial charge >= 0.3 is 0 Å². The van der Waals surface area contributed by atoms with Gasteiger partial charge in [-0.25, -0.2) is 9.82 Å². The van der Waals surface area contributed by atoms with Crippen LogP contribution in [0, 0.1) is 5.82 Å². The molecule has 1 N–H and O–H groups in total. The van der Waals surface area contributed by atoms with E-state index in [1.165, 1.54) is 30.1 Å². The molecule has 0 radical (unpaired) electrons. The summed E-state index contributed by atoms with van der Waals surface area (Å²) in [4.78, 5) is 12.3. The van der Waals surface area contributed by atoms with Crippen molar-refractivity contribution < 1.29 is 9.18 Å². The Morgan fingerprint density at radius 1 is 1.06 bits per heavy atom. The van der Waals surface area contributed by atoms with E-state index in [0.717, 1.165) is 15.7 Å². The molecule has 160 valence electrons. The van der Waals surface area contributed by atoms with Gasteiger partial charge in [0.2, 0.25) is 0 Å². The Morgan fingerprint density at radius 3 is 2.59 bits per heavy atom. The third kappa shape index (κ3) is 5.49. The molecule has 0 unspecified atom stereocenters. The van der Waals surface area contributed by atoms with Gasteiger partial charge in [-0.3, -0.25) is 9.36 Å². The highest BCUT2D eigenvalue weighted by Crippen LogP contribution is 2.28. The molecule has 0 atom stereocenters. The van der Waals surface area contributed by atoms with E-state index in [-0.39, 0.29) is 17.5 Å². The second kappa shape index (κ2) is 10.3. The van der Waals surface area contributed by atoms with Crippen LogP contribution in [-0.4, -0.2) is 32.6 Å². The molecule has 32 heavy (non-hydrogen) atoms. The first-order valence-electron chi connectivity index (χ1n) is 9.57. The Hall–Kier alpha value is -3.30. The highest BCUT2D eigenvalue weighted by Gasteiger charge is 2.17. The summed E-state index contributed by atoms with van der Waals surface area (Å²) in [6, 6.07) is 23.5. The van der Waals surface area contributed by atoms with E-state index in [1.807, 2.05) is 59.2 Å². The molecule has 3 aromatic carbocycles. The van der Waals surface area contributed by atoms with Gasteiger partial charge in [-0.05, 0) is 42.0 Å². The first-order valence-corrected chi connectivity index (χ1v) is 11.3. The van der Waals surface area contributed by atoms with Gasteiger partial charge in [0.25, 0.3) is 5.91 Å². The molecule has 0 bridgehead atoms. The van der Waals surface area contributed by atoms with Crippen LogP contribution in [0.4, 0.5) is 4.39 Å². The number of amides is 1. The summed E-state index contributed by atoms with van der Waals surface area (Å²) in [5.74, 6) is 0.0933. The van der Waals surface area contributed by atoms with Crippen molar-refractivity contribution in [1.82, 2.24) is 20.2 Å². The minimum absolute atomic E-state index is 0.0872. The van der Waals surface area contributed by atoms with Crippen molar-refractivity contribution in [2.45, 2.75) is 5.16 Å². The molecule has 0 aliphatic heterocycles. The molecule has 4 aromatic rings. The van der Waals surface area contributed by atoms with Gasteiger partial charge in [-0.1, -0.05) is 70.2 Å². The van der Waals surface area contributed by atoms with Crippen LogP contribution in [-0.2, 0) is 4.79 Å². The lowest BCUT2D eigenvalue weighted by molar-refractivity contribution is -0.118. The molecule has 0 aliphatic carbocycles. The van der Waals surface area contributed by atoms with Crippen molar-refractivity contribution in [3.05, 3.63) is 94.7 Å². The first-order chi connectivity index (χ1) is 15.6. The fraction of sp³-hybridized carbons (Fsp3) is 0.0435. The largest absolute Gasteiger partial charge is 0.272 e. The minimum Gasteiger partial charge on any atom is -0.272 e. The molecule has 0 saturated carbocycles. The highest BCUT2D eigenvalue weighted by atomic mass is 79.9. The number of nitrogens with one attached hydrogen (secondary N) is 1. The summed E-state index contributed by atoms with van der Waals surface area (Å²) in [6.45, 7) is 0. The van der Waals surface area contributed by atoms with Gasteiger partial charge < -0.3 is 0 Å². The molecule has 1 heterocycles. The van der Waals surface area contributed by atoms with E-state index in [1.54, 1.807) is 12.1 Å². The lowest BCUT2D eigenvalue weighted by Gasteiger charge is -2.10. The molecular formula is C23H17BrFN5OS. The lowest BCUT2D eigenvalue weighted by Crippen LogP contribution is -2.20. The Kier molecular flexibility index (Phi) is 7.08. The summed E-state index contributed by atoms with van der Waals surface area (Å²) in [5.41, 5.74) is 4.80. The number of thioether (sulfide) groups is 1. The Balaban J connectivity index is 1.50. The molecule has 0 fully saturated rings. The van der Waals surface area contributed by atoms with E-state index in [4.69, 9.17) is 0 Å². The van der Waals surface area contributed by atoms with Crippen LogP contribution in [0.5, 0.6) is 0 Å². The van der Waals surface area contributed by atoms with E-state index >= 15 is 0 Å². The molecular weight excluding hydrogens is 493 g/mol. The summed E-state index contributed by atoms with van der Waals surface area (Å²) >= 11 is 4.70. The third-order valence-corrected chi connectivity index (χ3v) is 5.79. The number of hydrogen-bond acceptors (Lipinski definition) is 5. The maximum absolute atomic E-state index is 13.2. The number of rotatable bonds is 7. The van der Waals surface area contributed by atoms with E-state index in [2.05, 4.69) is 36.7 Å². The maximum atomic E-state index is 13.2. The van der Waals surface area contributed by atoms with Crippen LogP contribution in [0.1, 0.15) is 5.56 Å². The number of halogens is 2. The SMILES string of the molecule is O=C(CSc1nnc(-c2ccccc2)n1-c1ccc(Br)cc1)NN=Cc1cccc(F)c1. The van der Waals surface area contributed by atoms with Gasteiger partial charge in [-0.15, -0.1) is 10.2 Å². The molecule has 1 amide bonds. The fourth-order valence-electron chi connectivity index (χ4n) is 2.89. The van der Waals surface area contributed by atoms with Crippen molar-refractivity contribution in [2.24, 2.45) is 5.10 Å². The van der Waals surface area contributed by atoms with E-state index in [0.29, 0.717) is 16.5 Å². The predicted molar refractivity (Wildman–Crippen MR) is 127 cm³/mol. The fourth-order valence-corrected chi connectivity index (χ4v) is 3.90. The zero-order valence-corrected chi connectivity index (χ0v) is 19.1. The molecule has 9 heteroatoms. The van der Waals surface area contributed by atoms with E-state index in [9.17, 15) is 9.18 Å². The average Bonchev–Trinajstić information content (AvgIpc) is 3.23. The Morgan fingerprint density at radius 2 is 1.84 bits per heavy atom. The Labute approximate surface area is 196 Å². The van der Waals surface area contributed by atoms with Gasteiger partial charge in [0.05, 0.1) is 12.0 Å². The molecule has 4 rings (SSSR count). The number of aromatic nitrogens is 3. The second-order valence-corrected chi connectivity index (χ2v) is 8.48. The first kappa shape index (κ1) is 21.9. The number of benzene rings is 3. The number of nitrogens with zero attached hydrogens (tertiary/aromatic N) is 4. The minimum atomic E-state index is -0.364. The highest BCUT2D eigenvalue weighted by molar-refractivity contribution is 9.10. The van der Waals surface area contributed by atoms with Crippen LogP contribution in [0.15, 0.2) is 93.6 Å². The van der Waals surface area contributed by atoms with Crippen molar-refractivity contribution in [1.29, 1.82) is 0 Å². The third-order valence-electron chi connectivity index (χ3n) is 4.33. The summed E-state index contributed by atoms with van der Waals surface area (Å²) in [6.07, 6.45) is 1.39. The quantitative estimate of drug-likeness (QED) is 0.214. The van der Waals surface area contributed by atoms with Crippen LogP contribution in [0.25, 0.3) is 17.1 Å². The maximum Gasteiger partial charge on any atom is 0.250 e. The summed E-state index contributed by atoms with van der Waals surface area (Å²) in [7, 11) is 0. The average molecular weight is 510 g/mol. The number of hydrazone groups is 1. The van der Waals surface area contributed by atoms with Crippen LogP contribution < -0.4 is 5.43 Å². The van der Waals surface area contributed by atoms with Gasteiger partial charge in [-0.2, -0.15) is 5.10 Å². The van der Waals surface area contributed by atoms with Crippen LogP contribution in [0.3, 0.4) is 0 Å². The van der Waals surface area contributed by atoms with Crippen LogP contribution in [0.2, 0.25) is 0 Å². The number of hydrogen-bond donors (Lipinski definition) is 1. The molecule has 1 aromatic heterocycles. The summed E-state index contributed by atoms with van der Waals surface area (Å²) in [5, 5.41) is 13.1. The van der Waals surface area contributed by atoms with Crippen LogP contribution >= 0.6 is 27.7 Å². The number of carbonyl (C=O) groups excluding carboxylic acids is 1. The second-order valence-electron chi connectivity index (χ2n) is 6.62. The van der Waals surface area contributed by atoms with Crippen molar-refractivity contribution in [2.75, 3.05) is 5.75 Å². The molecule has 6 nitrogen and oxygen atoms in total. The molecule has 0 spiro atoms. The molecule has 0 aliphatic rings. The van der Waals surface area contributed by atoms with Crippen molar-refractivity contribution in [3.8, 4) is 17.1 Å². The Bertz CT molecular complexity index is 1240. The monoisotopic (exact) mass is 509 g/mol. The number of carbonyl (C=O) groups is 1. The lowest BCUT2D eigenvalue weighted by atomic mass is 10.2. The topological polar surface area (TPSA) is 72.2 Å². The summed E-state index contributed by atoms with van der Waals surface area (Å²) < 4.78 is 16.1. The zero-order valence-electron chi connectivity index (χ0n) is 16.7. The van der Waals surface area contributed by atoms with Gasteiger partial charge in [0, 0.05) is 15.7 Å². The van der Waals surface area contributed by atoms with Gasteiger partial charge in [0.15, 0.2) is 11.0 Å².